The number of hydrogen-bond acceptors (Lipinski definition) is 3. The van der Waals surface area contributed by atoms with Crippen molar-refractivity contribution in [2.75, 3.05) is 7.11 Å². The molecule has 0 unspecified atom stereocenters. The van der Waals surface area contributed by atoms with Gasteiger partial charge in [0.25, 0.3) is 0 Å². The van der Waals surface area contributed by atoms with Crippen molar-refractivity contribution in [1.29, 1.82) is 0 Å². The van der Waals surface area contributed by atoms with Crippen LogP contribution in [-0.2, 0) is 9.53 Å². The molecule has 0 radical (unpaired) electrons. The largest absolute Gasteiger partial charge is 0.469 e. The quantitative estimate of drug-likeness (QED) is 0.381. The Balaban J connectivity index is 0. The molecule has 0 atom stereocenters. The van der Waals surface area contributed by atoms with Crippen LogP contribution in [0.5, 0.6) is 0 Å². The van der Waals surface area contributed by atoms with Crippen molar-refractivity contribution >= 4 is 47.0 Å². The van der Waals surface area contributed by atoms with E-state index in [2.05, 4.69) is 42.2 Å². The molecule has 0 amide bonds. The van der Waals surface area contributed by atoms with Gasteiger partial charge in [-0.05, 0) is 0 Å². The van der Waals surface area contributed by atoms with Crippen LogP contribution in [0.4, 0.5) is 0 Å². The monoisotopic (exact) mass is 198 g/mol. The summed E-state index contributed by atoms with van der Waals surface area (Å²) < 4.78 is 4.65. The van der Waals surface area contributed by atoms with E-state index in [1.165, 1.54) is 7.11 Å². The normalized spacial score (nSPS) is 7.20. The molecule has 10 heavy (non-hydrogen) atoms. The van der Waals surface area contributed by atoms with Crippen LogP contribution in [-0.4, -0.2) is 16.6 Å². The highest BCUT2D eigenvalue weighted by Gasteiger charge is 1.87. The SMILES string of the molecule is CCC(=O)OC.S=C(S)S. The van der Waals surface area contributed by atoms with Crippen molar-refractivity contribution in [2.45, 2.75) is 13.3 Å². The molecule has 0 aromatic heterocycles. The van der Waals surface area contributed by atoms with Gasteiger partial charge in [0.1, 0.15) is 0 Å². The molecule has 0 saturated carbocycles. The highest BCUT2D eigenvalue weighted by Crippen LogP contribution is 1.83. The van der Waals surface area contributed by atoms with Crippen LogP contribution in [0.15, 0.2) is 0 Å². The predicted molar refractivity (Wildman–Crippen MR) is 52.9 cm³/mol. The average molecular weight is 198 g/mol. The van der Waals surface area contributed by atoms with Crippen LogP contribution in [0.1, 0.15) is 13.3 Å². The lowest BCUT2D eigenvalue weighted by Crippen LogP contribution is -1.94. The second-order valence-corrected chi connectivity index (χ2v) is 3.47. The lowest BCUT2D eigenvalue weighted by Gasteiger charge is -1.87. The Kier molecular flexibility index (Phi) is 11.9. The Morgan fingerprint density at radius 1 is 1.60 bits per heavy atom. The zero-order valence-electron chi connectivity index (χ0n) is 5.83. The zero-order chi connectivity index (χ0) is 8.57. The Labute approximate surface area is 77.1 Å². The minimum Gasteiger partial charge on any atom is -0.469 e. The van der Waals surface area contributed by atoms with E-state index in [4.69, 9.17) is 0 Å². The average Bonchev–Trinajstić information content (AvgIpc) is 1.85. The molecule has 60 valence electrons. The van der Waals surface area contributed by atoms with Crippen molar-refractivity contribution in [3.8, 4) is 0 Å². The Morgan fingerprint density at radius 2 is 1.90 bits per heavy atom. The first kappa shape index (κ1) is 12.9. The van der Waals surface area contributed by atoms with Gasteiger partial charge in [-0.3, -0.25) is 4.79 Å². The third-order valence-electron chi connectivity index (χ3n) is 0.516. The second kappa shape index (κ2) is 9.26. The molecule has 2 nitrogen and oxygen atoms in total. The van der Waals surface area contributed by atoms with Crippen LogP contribution in [0, 0.1) is 0 Å². The van der Waals surface area contributed by atoms with Crippen LogP contribution in [0.25, 0.3) is 0 Å². The second-order valence-electron chi connectivity index (χ2n) is 1.21. The molecule has 0 heterocycles. The van der Waals surface area contributed by atoms with E-state index in [-0.39, 0.29) is 5.97 Å². The van der Waals surface area contributed by atoms with E-state index in [0.29, 0.717) is 9.95 Å². The molecule has 0 N–H and O–H groups in total. The molecule has 0 rings (SSSR count). The lowest BCUT2D eigenvalue weighted by molar-refractivity contribution is -0.140. The number of methoxy groups -OCH3 is 1. The van der Waals surface area contributed by atoms with Gasteiger partial charge in [0.05, 0.1) is 10.6 Å². The Hall–Kier alpha value is 0.260. The van der Waals surface area contributed by atoms with Gasteiger partial charge in [-0.15, -0.1) is 25.3 Å². The molecule has 0 spiro atoms. The first-order valence-corrected chi connectivity index (χ1v) is 3.83. The van der Waals surface area contributed by atoms with Gasteiger partial charge in [-0.25, -0.2) is 0 Å². The predicted octanol–water partition coefficient (Wildman–Crippen LogP) is 1.70. The molecular formula is C5H10O2S3. The Bertz CT molecular complexity index is 103. The fourth-order valence-electron chi connectivity index (χ4n) is 0.144. The minimum absolute atomic E-state index is 0.157. The molecular weight excluding hydrogens is 188 g/mol. The summed E-state index contributed by atoms with van der Waals surface area (Å²) in [5.41, 5.74) is 0. The Morgan fingerprint density at radius 3 is 1.90 bits per heavy atom. The van der Waals surface area contributed by atoms with Gasteiger partial charge in [0.2, 0.25) is 0 Å². The van der Waals surface area contributed by atoms with Crippen molar-refractivity contribution < 1.29 is 9.53 Å². The number of esters is 1. The maximum absolute atomic E-state index is 9.96. The molecule has 0 aliphatic heterocycles. The number of rotatable bonds is 1. The first-order chi connectivity index (χ1) is 4.54. The maximum Gasteiger partial charge on any atom is 0.305 e. The van der Waals surface area contributed by atoms with Crippen LogP contribution >= 0.6 is 37.5 Å². The van der Waals surface area contributed by atoms with Crippen molar-refractivity contribution in [3.05, 3.63) is 0 Å². The van der Waals surface area contributed by atoms with Gasteiger partial charge in [0, 0.05) is 6.42 Å². The maximum atomic E-state index is 9.96. The van der Waals surface area contributed by atoms with Gasteiger partial charge in [0.15, 0.2) is 0 Å². The van der Waals surface area contributed by atoms with Gasteiger partial charge in [-0.2, -0.15) is 0 Å². The van der Waals surface area contributed by atoms with E-state index in [1.807, 2.05) is 0 Å². The molecule has 0 saturated heterocycles. The standard InChI is InChI=1S/C4H8O2.CH2S3/c1-3-4(5)6-2;2-1(3)4/h3H2,1-2H3;(H2,2,3,4). The molecule has 0 aromatic rings. The summed E-state index contributed by atoms with van der Waals surface area (Å²) in [5.74, 6) is -0.157. The number of thiol groups is 2. The third-order valence-corrected chi connectivity index (χ3v) is 0.516. The lowest BCUT2D eigenvalue weighted by atomic mass is 10.5. The van der Waals surface area contributed by atoms with Crippen molar-refractivity contribution in [3.63, 3.8) is 0 Å². The van der Waals surface area contributed by atoms with Crippen molar-refractivity contribution in [1.82, 2.24) is 0 Å². The molecule has 0 aliphatic rings. The summed E-state index contributed by atoms with van der Waals surface area (Å²) in [4.78, 5) is 9.96. The molecule has 0 bridgehead atoms. The topological polar surface area (TPSA) is 26.3 Å². The zero-order valence-corrected chi connectivity index (χ0v) is 8.43. The van der Waals surface area contributed by atoms with Gasteiger partial charge < -0.3 is 4.74 Å². The summed E-state index contributed by atoms with van der Waals surface area (Å²) in [5, 5.41) is 0. The van der Waals surface area contributed by atoms with E-state index in [9.17, 15) is 4.79 Å². The number of carbonyl (C=O) groups is 1. The summed E-state index contributed by atoms with van der Waals surface area (Å²) in [6, 6.07) is 0. The highest BCUT2D eigenvalue weighted by molar-refractivity contribution is 8.34. The number of ether oxygens (including phenoxy) is 1. The van der Waals surface area contributed by atoms with Crippen molar-refractivity contribution in [2.24, 2.45) is 0 Å². The molecule has 0 fully saturated rings. The summed E-state index contributed by atoms with van der Waals surface area (Å²) in [6.45, 7) is 1.76. The third kappa shape index (κ3) is 24.0. The highest BCUT2D eigenvalue weighted by atomic mass is 32.2. The number of carbonyl (C=O) groups excluding carboxylic acids is 1. The summed E-state index contributed by atoms with van der Waals surface area (Å²) in [6.07, 6.45) is 0.469. The first-order valence-electron chi connectivity index (χ1n) is 2.53. The smallest absolute Gasteiger partial charge is 0.305 e. The van der Waals surface area contributed by atoms with Gasteiger partial charge >= 0.3 is 5.97 Å². The molecule has 5 heteroatoms. The molecule has 0 aliphatic carbocycles. The van der Waals surface area contributed by atoms with Crippen LogP contribution in [0.3, 0.4) is 0 Å². The number of thiocarbonyl (C=S) groups is 1. The fourth-order valence-corrected chi connectivity index (χ4v) is 0.144. The summed E-state index contributed by atoms with van der Waals surface area (Å²) in [7, 11) is 1.38. The van der Waals surface area contributed by atoms with Gasteiger partial charge in [-0.1, -0.05) is 19.1 Å². The molecule has 0 aromatic carbocycles. The fraction of sp³-hybridized carbons (Fsp3) is 0.600. The van der Waals surface area contributed by atoms with E-state index in [1.54, 1.807) is 6.92 Å². The van der Waals surface area contributed by atoms with E-state index in [0.717, 1.165) is 0 Å². The minimum atomic E-state index is -0.157. The number of hydrogen-bond donors (Lipinski definition) is 2. The summed E-state index contributed by atoms with van der Waals surface area (Å²) >= 11 is 11.4. The van der Waals surface area contributed by atoms with Crippen LogP contribution < -0.4 is 0 Å². The van der Waals surface area contributed by atoms with E-state index >= 15 is 0 Å². The van der Waals surface area contributed by atoms with Crippen LogP contribution in [0.2, 0.25) is 0 Å². The van der Waals surface area contributed by atoms with E-state index < -0.39 is 0 Å².